The molecule has 1 amide bonds. The molecule has 0 aliphatic carbocycles. The Kier molecular flexibility index (Phi) is 4.74. The van der Waals surface area contributed by atoms with Crippen LogP contribution in [0.5, 0.6) is 0 Å². The van der Waals surface area contributed by atoms with Crippen LogP contribution in [0.25, 0.3) is 0 Å². The summed E-state index contributed by atoms with van der Waals surface area (Å²) in [5.41, 5.74) is 0. The molecule has 0 saturated heterocycles. The summed E-state index contributed by atoms with van der Waals surface area (Å²) in [6, 6.07) is 0. The number of amides is 1. The van der Waals surface area contributed by atoms with E-state index in [1.807, 2.05) is 0 Å². The number of halogens is 2. The molecular formula is C5H9F2NO2. The Morgan fingerprint density at radius 2 is 2.20 bits per heavy atom. The van der Waals surface area contributed by atoms with Gasteiger partial charge in [-0.2, -0.15) is 8.78 Å². The lowest BCUT2D eigenvalue weighted by molar-refractivity contribution is -0.131. The molecule has 0 rings (SSSR count). The second kappa shape index (κ2) is 5.10. The van der Waals surface area contributed by atoms with E-state index in [1.165, 1.54) is 0 Å². The van der Waals surface area contributed by atoms with E-state index in [1.54, 1.807) is 0 Å². The van der Waals surface area contributed by atoms with E-state index in [9.17, 15) is 13.6 Å². The van der Waals surface area contributed by atoms with Crippen LogP contribution < -0.4 is 0 Å². The first-order chi connectivity index (χ1) is 4.72. The Morgan fingerprint density at radius 3 is 2.50 bits per heavy atom. The first kappa shape index (κ1) is 9.29. The van der Waals surface area contributed by atoms with Gasteiger partial charge < -0.3 is 5.11 Å². The monoisotopic (exact) mass is 153 g/mol. The van der Waals surface area contributed by atoms with Gasteiger partial charge in [-0.15, -0.1) is 0 Å². The summed E-state index contributed by atoms with van der Waals surface area (Å²) in [7, 11) is 0. The fourth-order valence-corrected chi connectivity index (χ4v) is 0.450. The molecule has 0 aromatic rings. The number of hydrogen-bond acceptors (Lipinski definition) is 2. The fourth-order valence-electron chi connectivity index (χ4n) is 0.450. The predicted molar refractivity (Wildman–Crippen MR) is 30.5 cm³/mol. The fraction of sp³-hybridized carbons (Fsp3) is 0.800. The Bertz CT molecular complexity index is 99.6. The molecule has 0 saturated carbocycles. The van der Waals surface area contributed by atoms with Gasteiger partial charge in [0.05, 0.1) is 0 Å². The molecule has 0 atom stereocenters. The summed E-state index contributed by atoms with van der Waals surface area (Å²) in [6.07, 6.45) is 0.253. The average molecular weight is 153 g/mol. The van der Waals surface area contributed by atoms with Gasteiger partial charge in [-0.1, -0.05) is 0 Å². The van der Waals surface area contributed by atoms with E-state index in [0.717, 1.165) is 0 Å². The summed E-state index contributed by atoms with van der Waals surface area (Å²) >= 11 is 0. The zero-order chi connectivity index (χ0) is 7.98. The van der Waals surface area contributed by atoms with Gasteiger partial charge in [-0.3, -0.25) is 9.69 Å². The number of rotatable bonds is 5. The van der Waals surface area contributed by atoms with Gasteiger partial charge in [0, 0.05) is 13.2 Å². The molecule has 60 valence electrons. The lowest BCUT2D eigenvalue weighted by atomic mass is 10.4. The Hall–Kier alpha value is -0.710. The number of carbonyl (C=O) groups is 1. The highest BCUT2D eigenvalue weighted by atomic mass is 19.3. The highest BCUT2D eigenvalue weighted by Crippen LogP contribution is 1.99. The van der Waals surface area contributed by atoms with Crippen molar-refractivity contribution in [3.8, 4) is 0 Å². The Balaban J connectivity index is 3.50. The van der Waals surface area contributed by atoms with Gasteiger partial charge >= 0.3 is 6.55 Å². The molecule has 0 aliphatic rings. The lowest BCUT2D eigenvalue weighted by Crippen LogP contribution is -2.28. The number of hydrogen-bond donors (Lipinski definition) is 1. The average Bonchev–Trinajstić information content (AvgIpc) is 1.89. The predicted octanol–water partition coefficient (Wildman–Crippen LogP) is 0.0498. The van der Waals surface area contributed by atoms with Gasteiger partial charge in [0.15, 0.2) is 0 Å². The molecule has 0 unspecified atom stereocenters. The van der Waals surface area contributed by atoms with Crippen molar-refractivity contribution in [2.75, 3.05) is 13.2 Å². The standard InChI is InChI=1S/C5H9F2NO2/c6-5(7)8(4-10)2-1-3-9/h4-5,9H,1-3H2. The first-order valence-corrected chi connectivity index (χ1v) is 2.82. The van der Waals surface area contributed by atoms with Gasteiger partial charge in [0.25, 0.3) is 0 Å². The van der Waals surface area contributed by atoms with Crippen molar-refractivity contribution in [2.45, 2.75) is 13.0 Å². The molecule has 0 aromatic heterocycles. The third kappa shape index (κ3) is 3.34. The molecule has 0 aliphatic heterocycles. The molecular weight excluding hydrogens is 144 g/mol. The second-order valence-electron chi connectivity index (χ2n) is 1.70. The maximum atomic E-state index is 11.6. The summed E-state index contributed by atoms with van der Waals surface area (Å²) < 4.78 is 23.3. The molecule has 0 bridgehead atoms. The van der Waals surface area contributed by atoms with E-state index in [-0.39, 0.29) is 26.0 Å². The molecule has 0 heterocycles. The van der Waals surface area contributed by atoms with Crippen LogP contribution >= 0.6 is 0 Å². The highest BCUT2D eigenvalue weighted by molar-refractivity contribution is 5.46. The Morgan fingerprint density at radius 1 is 1.60 bits per heavy atom. The van der Waals surface area contributed by atoms with E-state index < -0.39 is 6.55 Å². The van der Waals surface area contributed by atoms with Crippen LogP contribution in [0, 0.1) is 0 Å². The molecule has 0 fully saturated rings. The molecule has 10 heavy (non-hydrogen) atoms. The summed E-state index contributed by atoms with van der Waals surface area (Å²) in [5.74, 6) is 0. The maximum absolute atomic E-state index is 11.6. The minimum absolute atomic E-state index is 0.0698. The zero-order valence-electron chi connectivity index (χ0n) is 5.33. The van der Waals surface area contributed by atoms with Crippen molar-refractivity contribution in [2.24, 2.45) is 0 Å². The van der Waals surface area contributed by atoms with Crippen LogP contribution in [0.15, 0.2) is 0 Å². The highest BCUT2D eigenvalue weighted by Gasteiger charge is 2.11. The third-order valence-corrected chi connectivity index (χ3v) is 0.961. The number of aliphatic hydroxyl groups excluding tert-OH is 1. The second-order valence-corrected chi connectivity index (χ2v) is 1.70. The smallest absolute Gasteiger partial charge is 0.317 e. The number of aliphatic hydroxyl groups is 1. The van der Waals surface area contributed by atoms with Crippen LogP contribution in [-0.4, -0.2) is 36.1 Å². The molecule has 0 spiro atoms. The van der Waals surface area contributed by atoms with Crippen LogP contribution in [0.4, 0.5) is 8.78 Å². The van der Waals surface area contributed by atoms with E-state index in [4.69, 9.17) is 5.11 Å². The number of nitrogens with zero attached hydrogens (tertiary/aromatic N) is 1. The Labute approximate surface area is 57.2 Å². The normalized spacial score (nSPS) is 10.0. The van der Waals surface area contributed by atoms with Crippen molar-refractivity contribution in [3.63, 3.8) is 0 Å². The van der Waals surface area contributed by atoms with Crippen molar-refractivity contribution in [1.29, 1.82) is 0 Å². The molecule has 0 aromatic carbocycles. The number of carbonyl (C=O) groups excluding carboxylic acids is 1. The molecule has 5 heteroatoms. The van der Waals surface area contributed by atoms with Gasteiger partial charge in [0.2, 0.25) is 6.41 Å². The van der Waals surface area contributed by atoms with Gasteiger partial charge in [0.1, 0.15) is 0 Å². The van der Waals surface area contributed by atoms with E-state index >= 15 is 0 Å². The molecule has 0 radical (unpaired) electrons. The van der Waals surface area contributed by atoms with Crippen LogP contribution in [-0.2, 0) is 4.79 Å². The van der Waals surface area contributed by atoms with Crippen LogP contribution in [0.2, 0.25) is 0 Å². The van der Waals surface area contributed by atoms with Crippen LogP contribution in [0.1, 0.15) is 6.42 Å². The molecule has 3 nitrogen and oxygen atoms in total. The van der Waals surface area contributed by atoms with Crippen molar-refractivity contribution in [3.05, 3.63) is 0 Å². The minimum Gasteiger partial charge on any atom is -0.396 e. The van der Waals surface area contributed by atoms with Crippen molar-refractivity contribution in [1.82, 2.24) is 4.90 Å². The zero-order valence-corrected chi connectivity index (χ0v) is 5.33. The van der Waals surface area contributed by atoms with Gasteiger partial charge in [-0.05, 0) is 6.42 Å². The topological polar surface area (TPSA) is 40.5 Å². The SMILES string of the molecule is O=CN(CCCO)C(F)F. The molecule has 1 N–H and O–H groups in total. The van der Waals surface area contributed by atoms with Crippen molar-refractivity contribution < 1.29 is 18.7 Å². The maximum Gasteiger partial charge on any atom is 0.317 e. The quantitative estimate of drug-likeness (QED) is 0.448. The summed E-state index contributed by atoms with van der Waals surface area (Å²) in [4.78, 5) is 10.1. The van der Waals surface area contributed by atoms with Crippen LogP contribution in [0.3, 0.4) is 0 Å². The first-order valence-electron chi connectivity index (χ1n) is 2.82. The van der Waals surface area contributed by atoms with E-state index in [2.05, 4.69) is 0 Å². The lowest BCUT2D eigenvalue weighted by Gasteiger charge is -2.14. The van der Waals surface area contributed by atoms with Crippen molar-refractivity contribution >= 4 is 6.41 Å². The summed E-state index contributed by atoms with van der Waals surface area (Å²) in [6.45, 7) is -3.04. The minimum atomic E-state index is -2.76. The van der Waals surface area contributed by atoms with E-state index in [0.29, 0.717) is 4.90 Å². The summed E-state index contributed by atoms with van der Waals surface area (Å²) in [5, 5.41) is 8.20. The number of alkyl halides is 2. The third-order valence-electron chi connectivity index (χ3n) is 0.961. The van der Waals surface area contributed by atoms with Gasteiger partial charge in [-0.25, -0.2) is 0 Å². The largest absolute Gasteiger partial charge is 0.396 e.